The molecule has 0 atom stereocenters. The Morgan fingerprint density at radius 1 is 1.22 bits per heavy atom. The van der Waals surface area contributed by atoms with E-state index < -0.39 is 9.84 Å². The van der Waals surface area contributed by atoms with Gasteiger partial charge < -0.3 is 4.52 Å². The van der Waals surface area contributed by atoms with Gasteiger partial charge in [-0.2, -0.15) is 4.98 Å². The molecule has 5 nitrogen and oxygen atoms in total. The summed E-state index contributed by atoms with van der Waals surface area (Å²) in [6.45, 7) is 2.00. The molecule has 0 N–H and O–H groups in total. The molecule has 6 heteroatoms. The van der Waals surface area contributed by atoms with E-state index in [9.17, 15) is 8.42 Å². The second-order valence-corrected chi connectivity index (χ2v) is 6.52. The van der Waals surface area contributed by atoms with Gasteiger partial charge in [-0.25, -0.2) is 8.42 Å². The predicted octanol–water partition coefficient (Wildman–Crippen LogP) is 1.63. The Morgan fingerprint density at radius 2 is 1.89 bits per heavy atom. The van der Waals surface area contributed by atoms with Crippen molar-refractivity contribution < 1.29 is 12.9 Å². The lowest BCUT2D eigenvalue weighted by atomic mass is 10.1. The molecule has 2 rings (SSSR count). The van der Waals surface area contributed by atoms with Crippen LogP contribution in [0.5, 0.6) is 0 Å². The Hall–Kier alpha value is -1.69. The topological polar surface area (TPSA) is 73.1 Å². The highest BCUT2D eigenvalue weighted by molar-refractivity contribution is 7.90. The van der Waals surface area contributed by atoms with Crippen LogP contribution in [0.4, 0.5) is 0 Å². The predicted molar refractivity (Wildman–Crippen MR) is 67.9 cm³/mol. The maximum atomic E-state index is 11.0. The molecule has 0 unspecified atom stereocenters. The van der Waals surface area contributed by atoms with Crippen molar-refractivity contribution in [2.24, 2.45) is 0 Å². The van der Waals surface area contributed by atoms with Crippen LogP contribution in [-0.2, 0) is 16.3 Å². The van der Waals surface area contributed by atoms with Crippen LogP contribution in [0.25, 0.3) is 11.4 Å². The molecule has 0 aliphatic rings. The van der Waals surface area contributed by atoms with Crippen LogP contribution in [0.3, 0.4) is 0 Å². The summed E-state index contributed by atoms with van der Waals surface area (Å²) in [5, 5.41) is 3.84. The Morgan fingerprint density at radius 3 is 2.50 bits per heavy atom. The number of nitrogens with zero attached hydrogens (tertiary/aromatic N) is 2. The van der Waals surface area contributed by atoms with Crippen molar-refractivity contribution in [3.8, 4) is 11.4 Å². The maximum absolute atomic E-state index is 11.0. The SMILES string of the molecule is Cc1ccc(-c2noc(CCS(C)(=O)=O)n2)cc1. The van der Waals surface area contributed by atoms with Gasteiger partial charge >= 0.3 is 0 Å². The van der Waals surface area contributed by atoms with E-state index in [1.807, 2.05) is 31.2 Å². The van der Waals surface area contributed by atoms with Gasteiger partial charge in [-0.1, -0.05) is 35.0 Å². The van der Waals surface area contributed by atoms with Gasteiger partial charge in [0.1, 0.15) is 9.84 Å². The number of benzene rings is 1. The van der Waals surface area contributed by atoms with Crippen LogP contribution >= 0.6 is 0 Å². The van der Waals surface area contributed by atoms with Crippen molar-refractivity contribution in [1.29, 1.82) is 0 Å². The fraction of sp³-hybridized carbons (Fsp3) is 0.333. The minimum absolute atomic E-state index is 0.0164. The van der Waals surface area contributed by atoms with Crippen LogP contribution in [0.15, 0.2) is 28.8 Å². The fourth-order valence-electron chi connectivity index (χ4n) is 1.45. The van der Waals surface area contributed by atoms with Crippen LogP contribution < -0.4 is 0 Å². The minimum atomic E-state index is -3.01. The molecule has 2 aromatic rings. The van der Waals surface area contributed by atoms with Crippen LogP contribution in [0.2, 0.25) is 0 Å². The highest BCUT2D eigenvalue weighted by atomic mass is 32.2. The summed E-state index contributed by atoms with van der Waals surface area (Å²) in [6.07, 6.45) is 1.43. The van der Waals surface area contributed by atoms with E-state index in [0.29, 0.717) is 11.7 Å². The molecule has 1 aromatic carbocycles. The zero-order valence-electron chi connectivity index (χ0n) is 10.3. The van der Waals surface area contributed by atoms with Crippen molar-refractivity contribution in [2.45, 2.75) is 13.3 Å². The number of aromatic nitrogens is 2. The number of aryl methyl sites for hydroxylation is 2. The van der Waals surface area contributed by atoms with E-state index >= 15 is 0 Å². The van der Waals surface area contributed by atoms with E-state index in [4.69, 9.17) is 4.52 Å². The summed E-state index contributed by atoms with van der Waals surface area (Å²) in [4.78, 5) is 4.17. The minimum Gasteiger partial charge on any atom is -0.339 e. The highest BCUT2D eigenvalue weighted by Gasteiger charge is 2.11. The van der Waals surface area contributed by atoms with Gasteiger partial charge in [0.15, 0.2) is 0 Å². The van der Waals surface area contributed by atoms with Crippen molar-refractivity contribution in [3.63, 3.8) is 0 Å². The van der Waals surface area contributed by atoms with E-state index in [-0.39, 0.29) is 12.2 Å². The quantitative estimate of drug-likeness (QED) is 0.841. The maximum Gasteiger partial charge on any atom is 0.227 e. The van der Waals surface area contributed by atoms with Gasteiger partial charge in [0.05, 0.1) is 5.75 Å². The largest absolute Gasteiger partial charge is 0.339 e. The Balaban J connectivity index is 2.13. The van der Waals surface area contributed by atoms with Gasteiger partial charge in [-0.05, 0) is 6.92 Å². The van der Waals surface area contributed by atoms with Gasteiger partial charge in [0.25, 0.3) is 0 Å². The van der Waals surface area contributed by atoms with Crippen LogP contribution in [0, 0.1) is 6.92 Å². The van der Waals surface area contributed by atoms with Crippen LogP contribution in [0.1, 0.15) is 11.5 Å². The summed E-state index contributed by atoms with van der Waals surface area (Å²) in [5.41, 5.74) is 2.01. The fourth-order valence-corrected chi connectivity index (χ4v) is 1.99. The summed E-state index contributed by atoms with van der Waals surface area (Å²) < 4.78 is 27.1. The smallest absolute Gasteiger partial charge is 0.227 e. The van der Waals surface area contributed by atoms with Crippen LogP contribution in [-0.4, -0.2) is 30.6 Å². The molecular weight excluding hydrogens is 252 g/mol. The number of rotatable bonds is 4. The summed E-state index contributed by atoms with van der Waals surface area (Å²) >= 11 is 0. The molecule has 0 aliphatic heterocycles. The summed E-state index contributed by atoms with van der Waals surface area (Å²) in [6, 6.07) is 7.73. The van der Waals surface area contributed by atoms with Crippen molar-refractivity contribution in [3.05, 3.63) is 35.7 Å². The molecule has 0 spiro atoms. The van der Waals surface area contributed by atoms with E-state index in [0.717, 1.165) is 11.1 Å². The first kappa shape index (κ1) is 12.8. The number of sulfone groups is 1. The lowest BCUT2D eigenvalue weighted by Crippen LogP contribution is -2.05. The molecule has 96 valence electrons. The second-order valence-electron chi connectivity index (χ2n) is 4.26. The molecule has 0 saturated carbocycles. The zero-order chi connectivity index (χ0) is 13.2. The van der Waals surface area contributed by atoms with Gasteiger partial charge in [0.2, 0.25) is 11.7 Å². The molecule has 18 heavy (non-hydrogen) atoms. The first-order valence-electron chi connectivity index (χ1n) is 5.51. The van der Waals surface area contributed by atoms with Crippen molar-refractivity contribution in [2.75, 3.05) is 12.0 Å². The molecule has 0 saturated heterocycles. The summed E-state index contributed by atoms with van der Waals surface area (Å²) in [5.74, 6) is 0.845. The van der Waals surface area contributed by atoms with E-state index in [2.05, 4.69) is 10.1 Å². The Kier molecular flexibility index (Phi) is 3.47. The van der Waals surface area contributed by atoms with Gasteiger partial charge in [-0.3, -0.25) is 0 Å². The normalized spacial score (nSPS) is 11.7. The van der Waals surface area contributed by atoms with E-state index in [1.54, 1.807) is 0 Å². The molecule has 0 radical (unpaired) electrons. The van der Waals surface area contributed by atoms with E-state index in [1.165, 1.54) is 6.26 Å². The molecular formula is C12H14N2O3S. The Bertz CT molecular complexity index is 630. The molecule has 0 amide bonds. The average Bonchev–Trinajstić information content (AvgIpc) is 2.75. The molecule has 1 aromatic heterocycles. The first-order chi connectivity index (χ1) is 8.44. The summed E-state index contributed by atoms with van der Waals surface area (Å²) in [7, 11) is -3.01. The third-order valence-electron chi connectivity index (χ3n) is 2.46. The zero-order valence-corrected chi connectivity index (χ0v) is 11.1. The highest BCUT2D eigenvalue weighted by Crippen LogP contribution is 2.16. The molecule has 0 fully saturated rings. The van der Waals surface area contributed by atoms with Gasteiger partial charge in [-0.15, -0.1) is 0 Å². The third kappa shape index (κ3) is 3.40. The average molecular weight is 266 g/mol. The second kappa shape index (κ2) is 4.89. The first-order valence-corrected chi connectivity index (χ1v) is 7.57. The molecule has 0 aliphatic carbocycles. The number of hydrogen-bond donors (Lipinski definition) is 0. The lowest BCUT2D eigenvalue weighted by Gasteiger charge is -1.94. The monoisotopic (exact) mass is 266 g/mol. The Labute approximate surface area is 106 Å². The van der Waals surface area contributed by atoms with Crippen molar-refractivity contribution in [1.82, 2.24) is 10.1 Å². The lowest BCUT2D eigenvalue weighted by molar-refractivity contribution is 0.383. The van der Waals surface area contributed by atoms with Crippen molar-refractivity contribution >= 4 is 9.84 Å². The standard InChI is InChI=1S/C12H14N2O3S/c1-9-3-5-10(6-4-9)12-13-11(17-14-12)7-8-18(2,15)16/h3-6H,7-8H2,1-2H3. The molecule has 0 bridgehead atoms. The number of hydrogen-bond acceptors (Lipinski definition) is 5. The third-order valence-corrected chi connectivity index (χ3v) is 3.41. The molecule has 1 heterocycles. The van der Waals surface area contributed by atoms with Gasteiger partial charge in [0, 0.05) is 18.2 Å².